The standard InChI is InChI=1S/C18H13Cl3N4O5/c1-18(9-3-2-4-10(5-9)25(29)30)16(27)24(17(28)23-18)8-15(26)22-14-7-12(20)11(19)6-13(14)21/h2-7H,8H2,1H3,(H,22,26)(H,23,28). The lowest BCUT2D eigenvalue weighted by Crippen LogP contribution is -2.42. The number of benzene rings is 2. The normalized spacial score (nSPS) is 18.3. The van der Waals surface area contributed by atoms with E-state index in [0.29, 0.717) is 4.90 Å². The number of hydrogen-bond donors (Lipinski definition) is 2. The highest BCUT2D eigenvalue weighted by Crippen LogP contribution is 2.33. The van der Waals surface area contributed by atoms with Gasteiger partial charge in [0.05, 0.1) is 25.7 Å². The highest BCUT2D eigenvalue weighted by molar-refractivity contribution is 6.44. The van der Waals surface area contributed by atoms with Gasteiger partial charge in [-0.25, -0.2) is 4.79 Å². The predicted octanol–water partition coefficient (Wildman–Crippen LogP) is 3.96. The van der Waals surface area contributed by atoms with Crippen LogP contribution in [0.25, 0.3) is 0 Å². The Balaban J connectivity index is 1.80. The molecule has 0 saturated carbocycles. The number of amides is 4. The van der Waals surface area contributed by atoms with Crippen LogP contribution in [0.2, 0.25) is 15.1 Å². The minimum absolute atomic E-state index is 0.122. The third-order valence-corrected chi connectivity index (χ3v) is 5.53. The summed E-state index contributed by atoms with van der Waals surface area (Å²) in [5, 5.41) is 16.4. The largest absolute Gasteiger partial charge is 0.325 e. The zero-order valence-corrected chi connectivity index (χ0v) is 17.5. The zero-order chi connectivity index (χ0) is 22.2. The first-order valence-electron chi connectivity index (χ1n) is 8.36. The van der Waals surface area contributed by atoms with Gasteiger partial charge in [-0.1, -0.05) is 46.9 Å². The van der Waals surface area contributed by atoms with Crippen molar-refractivity contribution in [3.05, 3.63) is 67.1 Å². The fraction of sp³-hybridized carbons (Fsp3) is 0.167. The van der Waals surface area contributed by atoms with E-state index in [1.807, 2.05) is 0 Å². The first-order valence-corrected chi connectivity index (χ1v) is 9.50. The Hall–Kier alpha value is -2.88. The number of urea groups is 1. The Morgan fingerprint density at radius 2 is 1.83 bits per heavy atom. The van der Waals surface area contributed by atoms with E-state index in [1.54, 1.807) is 0 Å². The topological polar surface area (TPSA) is 122 Å². The lowest BCUT2D eigenvalue weighted by atomic mass is 9.91. The van der Waals surface area contributed by atoms with Crippen molar-refractivity contribution >= 4 is 64.0 Å². The quantitative estimate of drug-likeness (QED) is 0.296. The Bertz CT molecular complexity index is 1090. The van der Waals surface area contributed by atoms with Crippen LogP contribution in [0, 0.1) is 10.1 Å². The Kier molecular flexibility index (Phi) is 5.89. The summed E-state index contributed by atoms with van der Waals surface area (Å²) >= 11 is 17.8. The molecule has 0 bridgehead atoms. The first-order chi connectivity index (χ1) is 14.0. The van der Waals surface area contributed by atoms with Crippen molar-refractivity contribution in [2.24, 2.45) is 0 Å². The molecule has 0 radical (unpaired) electrons. The van der Waals surface area contributed by atoms with Gasteiger partial charge in [-0.3, -0.25) is 24.6 Å². The number of nitrogens with zero attached hydrogens (tertiary/aromatic N) is 2. The van der Waals surface area contributed by atoms with Crippen molar-refractivity contribution in [3.63, 3.8) is 0 Å². The van der Waals surface area contributed by atoms with Gasteiger partial charge in [0.1, 0.15) is 12.1 Å². The summed E-state index contributed by atoms with van der Waals surface area (Å²) in [4.78, 5) is 48.8. The number of hydrogen-bond acceptors (Lipinski definition) is 5. The lowest BCUT2D eigenvalue weighted by Gasteiger charge is -2.22. The molecule has 1 aliphatic heterocycles. The molecule has 0 spiro atoms. The van der Waals surface area contributed by atoms with Crippen LogP contribution in [0.5, 0.6) is 0 Å². The summed E-state index contributed by atoms with van der Waals surface area (Å²) in [6.07, 6.45) is 0. The molecule has 2 N–H and O–H groups in total. The number of nitro benzene ring substituents is 1. The van der Waals surface area contributed by atoms with Crippen molar-refractivity contribution in [2.45, 2.75) is 12.5 Å². The fourth-order valence-electron chi connectivity index (χ4n) is 2.92. The van der Waals surface area contributed by atoms with Crippen LogP contribution < -0.4 is 10.6 Å². The molecule has 1 saturated heterocycles. The molecule has 1 unspecified atom stereocenters. The van der Waals surface area contributed by atoms with Crippen LogP contribution in [-0.2, 0) is 15.1 Å². The van der Waals surface area contributed by atoms with Gasteiger partial charge in [0.2, 0.25) is 5.91 Å². The molecule has 0 aliphatic carbocycles. The van der Waals surface area contributed by atoms with Gasteiger partial charge in [-0.2, -0.15) is 0 Å². The number of non-ortho nitro benzene ring substituents is 1. The van der Waals surface area contributed by atoms with Gasteiger partial charge in [0, 0.05) is 12.1 Å². The van der Waals surface area contributed by atoms with Crippen LogP contribution >= 0.6 is 34.8 Å². The number of carbonyl (C=O) groups excluding carboxylic acids is 3. The maximum atomic E-state index is 12.9. The van der Waals surface area contributed by atoms with Gasteiger partial charge in [-0.15, -0.1) is 0 Å². The molecule has 2 aromatic carbocycles. The van der Waals surface area contributed by atoms with E-state index >= 15 is 0 Å². The van der Waals surface area contributed by atoms with E-state index in [9.17, 15) is 24.5 Å². The van der Waals surface area contributed by atoms with Crippen LogP contribution in [0.1, 0.15) is 12.5 Å². The van der Waals surface area contributed by atoms with Crippen LogP contribution in [0.4, 0.5) is 16.2 Å². The number of carbonyl (C=O) groups is 3. The summed E-state index contributed by atoms with van der Waals surface area (Å²) in [6, 6.07) is 7.20. The second-order valence-corrected chi connectivity index (χ2v) is 7.77. The molecule has 1 aliphatic rings. The molecule has 12 heteroatoms. The smallest absolute Gasteiger partial charge is 0.323 e. The average molecular weight is 472 g/mol. The fourth-order valence-corrected chi connectivity index (χ4v) is 3.51. The van der Waals surface area contributed by atoms with Crippen LogP contribution in [-0.4, -0.2) is 34.2 Å². The Morgan fingerprint density at radius 1 is 1.17 bits per heavy atom. The molecule has 156 valence electrons. The number of rotatable bonds is 5. The van der Waals surface area contributed by atoms with Gasteiger partial charge in [0.15, 0.2) is 0 Å². The Labute approximate surface area is 185 Å². The first kappa shape index (κ1) is 21.8. The number of anilines is 1. The number of nitro groups is 1. The van der Waals surface area contributed by atoms with Crippen molar-refractivity contribution < 1.29 is 19.3 Å². The molecule has 1 atom stereocenters. The minimum Gasteiger partial charge on any atom is -0.323 e. The number of halogens is 3. The van der Waals surface area contributed by atoms with Crippen LogP contribution in [0.15, 0.2) is 36.4 Å². The van der Waals surface area contributed by atoms with E-state index in [0.717, 1.165) is 0 Å². The van der Waals surface area contributed by atoms with E-state index in [-0.39, 0.29) is 32.0 Å². The van der Waals surface area contributed by atoms with E-state index in [2.05, 4.69) is 10.6 Å². The van der Waals surface area contributed by atoms with E-state index < -0.39 is 34.9 Å². The summed E-state index contributed by atoms with van der Waals surface area (Å²) < 4.78 is 0. The van der Waals surface area contributed by atoms with E-state index in [1.165, 1.54) is 43.3 Å². The third-order valence-electron chi connectivity index (χ3n) is 4.50. The SMILES string of the molecule is CC1(c2cccc([N+](=O)[O-])c2)NC(=O)N(CC(=O)Nc2cc(Cl)c(Cl)cc2Cl)C1=O. The van der Waals surface area contributed by atoms with Crippen molar-refractivity contribution in [1.82, 2.24) is 10.2 Å². The molecule has 1 heterocycles. The van der Waals surface area contributed by atoms with Crippen molar-refractivity contribution in [2.75, 3.05) is 11.9 Å². The highest BCUT2D eigenvalue weighted by Gasteiger charge is 2.49. The molecule has 2 aromatic rings. The van der Waals surface area contributed by atoms with Crippen molar-refractivity contribution in [3.8, 4) is 0 Å². The van der Waals surface area contributed by atoms with Gasteiger partial charge < -0.3 is 10.6 Å². The zero-order valence-electron chi connectivity index (χ0n) is 15.2. The van der Waals surface area contributed by atoms with Crippen LogP contribution in [0.3, 0.4) is 0 Å². The molecule has 3 rings (SSSR count). The molecule has 4 amide bonds. The molecule has 30 heavy (non-hydrogen) atoms. The summed E-state index contributed by atoms with van der Waals surface area (Å²) in [5.41, 5.74) is -1.43. The maximum absolute atomic E-state index is 12.9. The van der Waals surface area contributed by atoms with Gasteiger partial charge in [-0.05, 0) is 24.6 Å². The minimum atomic E-state index is -1.56. The Morgan fingerprint density at radius 3 is 2.50 bits per heavy atom. The lowest BCUT2D eigenvalue weighted by molar-refractivity contribution is -0.385. The summed E-state index contributed by atoms with van der Waals surface area (Å²) in [7, 11) is 0. The second-order valence-electron chi connectivity index (χ2n) is 6.55. The molecule has 9 nitrogen and oxygen atoms in total. The molecular weight excluding hydrogens is 459 g/mol. The second kappa shape index (κ2) is 8.10. The van der Waals surface area contributed by atoms with Crippen molar-refractivity contribution in [1.29, 1.82) is 0 Å². The third kappa shape index (κ3) is 4.04. The summed E-state index contributed by atoms with van der Waals surface area (Å²) in [6.45, 7) is 0.797. The average Bonchev–Trinajstić information content (AvgIpc) is 2.90. The van der Waals surface area contributed by atoms with E-state index in [4.69, 9.17) is 34.8 Å². The van der Waals surface area contributed by atoms with Gasteiger partial charge >= 0.3 is 6.03 Å². The molecule has 1 fully saturated rings. The number of imide groups is 1. The highest BCUT2D eigenvalue weighted by atomic mass is 35.5. The number of nitrogens with one attached hydrogen (secondary N) is 2. The molecule has 0 aromatic heterocycles. The predicted molar refractivity (Wildman–Crippen MR) is 111 cm³/mol. The maximum Gasteiger partial charge on any atom is 0.325 e. The van der Waals surface area contributed by atoms with Gasteiger partial charge in [0.25, 0.3) is 11.6 Å². The monoisotopic (exact) mass is 470 g/mol. The summed E-state index contributed by atoms with van der Waals surface area (Å²) in [5.74, 6) is -1.44. The molecular formula is C18H13Cl3N4O5.